The summed E-state index contributed by atoms with van der Waals surface area (Å²) in [4.78, 5) is 29.1. The Kier molecular flexibility index (Phi) is 4.53. The molecule has 0 aliphatic carbocycles. The fourth-order valence-corrected chi connectivity index (χ4v) is 2.60. The Morgan fingerprint density at radius 3 is 2.58 bits per heavy atom. The maximum Gasteiger partial charge on any atom is 0.256 e. The van der Waals surface area contributed by atoms with E-state index in [0.717, 1.165) is 10.9 Å². The summed E-state index contributed by atoms with van der Waals surface area (Å²) in [6.07, 6.45) is 1.67. The van der Waals surface area contributed by atoms with Gasteiger partial charge in [0.05, 0.1) is 12.1 Å². The van der Waals surface area contributed by atoms with E-state index in [2.05, 4.69) is 10.3 Å². The van der Waals surface area contributed by atoms with Gasteiger partial charge in [0.1, 0.15) is 0 Å². The zero-order chi connectivity index (χ0) is 17.1. The van der Waals surface area contributed by atoms with Crippen LogP contribution < -0.4 is 5.32 Å². The van der Waals surface area contributed by atoms with Gasteiger partial charge in [-0.3, -0.25) is 9.59 Å². The molecule has 0 spiro atoms. The van der Waals surface area contributed by atoms with Crippen LogP contribution in [0.2, 0.25) is 5.02 Å². The van der Waals surface area contributed by atoms with Gasteiger partial charge in [0.15, 0.2) is 0 Å². The maximum atomic E-state index is 12.6. The van der Waals surface area contributed by atoms with Crippen LogP contribution in [0.3, 0.4) is 0 Å². The van der Waals surface area contributed by atoms with Gasteiger partial charge in [-0.1, -0.05) is 29.8 Å². The highest BCUT2D eigenvalue weighted by molar-refractivity contribution is 6.30. The van der Waals surface area contributed by atoms with Crippen molar-refractivity contribution in [1.29, 1.82) is 0 Å². The smallest absolute Gasteiger partial charge is 0.256 e. The first-order valence-corrected chi connectivity index (χ1v) is 7.79. The number of para-hydroxylation sites is 1. The summed E-state index contributed by atoms with van der Waals surface area (Å²) in [6, 6.07) is 14.4. The minimum Gasteiger partial charge on any atom is -0.360 e. The molecule has 0 aliphatic rings. The number of rotatable bonds is 4. The lowest BCUT2D eigenvalue weighted by atomic mass is 10.1. The number of H-pyrrole nitrogens is 1. The summed E-state index contributed by atoms with van der Waals surface area (Å²) in [5.41, 5.74) is 2.07. The van der Waals surface area contributed by atoms with Crippen molar-refractivity contribution in [2.24, 2.45) is 0 Å². The van der Waals surface area contributed by atoms with Crippen LogP contribution in [0.4, 0.5) is 5.69 Å². The van der Waals surface area contributed by atoms with E-state index >= 15 is 0 Å². The molecule has 0 fully saturated rings. The van der Waals surface area contributed by atoms with Crippen molar-refractivity contribution >= 4 is 40.0 Å². The standard InChI is InChI=1S/C18H16ClN3O2/c1-22(11-17(23)21-13-8-6-12(19)7-9-13)18(24)15-10-20-16-5-3-2-4-14(15)16/h2-10,20H,11H2,1H3,(H,21,23). The zero-order valence-corrected chi connectivity index (χ0v) is 13.8. The number of hydrogen-bond acceptors (Lipinski definition) is 2. The van der Waals surface area contributed by atoms with Crippen molar-refractivity contribution in [1.82, 2.24) is 9.88 Å². The highest BCUT2D eigenvalue weighted by Crippen LogP contribution is 2.19. The Balaban J connectivity index is 1.67. The highest BCUT2D eigenvalue weighted by atomic mass is 35.5. The van der Waals surface area contributed by atoms with Crippen molar-refractivity contribution in [2.75, 3.05) is 18.9 Å². The topological polar surface area (TPSA) is 65.2 Å². The Morgan fingerprint density at radius 1 is 1.12 bits per heavy atom. The molecule has 5 nitrogen and oxygen atoms in total. The van der Waals surface area contributed by atoms with Crippen LogP contribution in [-0.4, -0.2) is 35.3 Å². The predicted octanol–water partition coefficient (Wildman–Crippen LogP) is 3.53. The van der Waals surface area contributed by atoms with E-state index in [9.17, 15) is 9.59 Å². The van der Waals surface area contributed by atoms with Gasteiger partial charge in [0, 0.05) is 34.9 Å². The number of carbonyl (C=O) groups is 2. The summed E-state index contributed by atoms with van der Waals surface area (Å²) in [7, 11) is 1.60. The maximum absolute atomic E-state index is 12.6. The molecular weight excluding hydrogens is 326 g/mol. The van der Waals surface area contributed by atoms with Crippen molar-refractivity contribution in [3.8, 4) is 0 Å². The zero-order valence-electron chi connectivity index (χ0n) is 13.0. The van der Waals surface area contributed by atoms with E-state index in [1.165, 1.54) is 4.90 Å². The second kappa shape index (κ2) is 6.76. The molecule has 6 heteroatoms. The molecule has 2 N–H and O–H groups in total. The van der Waals surface area contributed by atoms with E-state index in [1.807, 2.05) is 24.3 Å². The minimum atomic E-state index is -0.270. The number of amides is 2. The van der Waals surface area contributed by atoms with Crippen LogP contribution in [0.1, 0.15) is 10.4 Å². The number of carbonyl (C=O) groups excluding carboxylic acids is 2. The first-order valence-electron chi connectivity index (χ1n) is 7.41. The molecule has 0 unspecified atom stereocenters. The fraction of sp³-hybridized carbons (Fsp3) is 0.111. The average Bonchev–Trinajstić information content (AvgIpc) is 3.00. The minimum absolute atomic E-state index is 0.0407. The van der Waals surface area contributed by atoms with Crippen molar-refractivity contribution in [3.05, 3.63) is 65.3 Å². The van der Waals surface area contributed by atoms with Crippen LogP contribution in [0, 0.1) is 0 Å². The number of halogens is 1. The molecule has 0 saturated carbocycles. The van der Waals surface area contributed by atoms with Gasteiger partial charge in [-0.25, -0.2) is 0 Å². The SMILES string of the molecule is CN(CC(=O)Nc1ccc(Cl)cc1)C(=O)c1c[nH]c2ccccc12. The third kappa shape index (κ3) is 3.41. The number of nitrogens with one attached hydrogen (secondary N) is 2. The van der Waals surface area contributed by atoms with Crippen molar-refractivity contribution < 1.29 is 9.59 Å². The molecule has 2 amide bonds. The monoisotopic (exact) mass is 341 g/mol. The van der Waals surface area contributed by atoms with E-state index in [4.69, 9.17) is 11.6 Å². The van der Waals surface area contributed by atoms with Crippen molar-refractivity contribution in [3.63, 3.8) is 0 Å². The number of hydrogen-bond donors (Lipinski definition) is 2. The van der Waals surface area contributed by atoms with E-state index in [-0.39, 0.29) is 18.4 Å². The van der Waals surface area contributed by atoms with E-state index < -0.39 is 0 Å². The molecular formula is C18H16ClN3O2. The molecule has 0 aliphatic heterocycles. The molecule has 24 heavy (non-hydrogen) atoms. The molecule has 0 atom stereocenters. The third-order valence-corrected chi connectivity index (χ3v) is 3.93. The van der Waals surface area contributed by atoms with Crippen LogP contribution in [0.25, 0.3) is 10.9 Å². The number of benzene rings is 2. The molecule has 1 heterocycles. The molecule has 3 rings (SSSR count). The third-order valence-electron chi connectivity index (χ3n) is 3.68. The fourth-order valence-electron chi connectivity index (χ4n) is 2.48. The normalized spacial score (nSPS) is 10.6. The summed E-state index contributed by atoms with van der Waals surface area (Å²) >= 11 is 5.81. The second-order valence-corrected chi connectivity index (χ2v) is 5.90. The molecule has 1 aromatic heterocycles. The largest absolute Gasteiger partial charge is 0.360 e. The van der Waals surface area contributed by atoms with Gasteiger partial charge in [-0.15, -0.1) is 0 Å². The summed E-state index contributed by atoms with van der Waals surface area (Å²) < 4.78 is 0. The average molecular weight is 342 g/mol. The lowest BCUT2D eigenvalue weighted by Crippen LogP contribution is -2.34. The first-order chi connectivity index (χ1) is 11.5. The summed E-state index contributed by atoms with van der Waals surface area (Å²) in [6.45, 7) is -0.0407. The number of nitrogens with zero attached hydrogens (tertiary/aromatic N) is 1. The Bertz CT molecular complexity index is 887. The highest BCUT2D eigenvalue weighted by Gasteiger charge is 2.18. The van der Waals surface area contributed by atoms with Crippen molar-refractivity contribution in [2.45, 2.75) is 0 Å². The first kappa shape index (κ1) is 16.1. The van der Waals surface area contributed by atoms with Gasteiger partial charge in [0.2, 0.25) is 5.91 Å². The number of fused-ring (bicyclic) bond motifs is 1. The number of likely N-dealkylation sites (N-methyl/N-ethyl adjacent to an activating group) is 1. The van der Waals surface area contributed by atoms with E-state index in [0.29, 0.717) is 16.3 Å². The molecule has 3 aromatic rings. The lowest BCUT2D eigenvalue weighted by molar-refractivity contribution is -0.116. The Labute approximate surface area is 144 Å². The molecule has 122 valence electrons. The Hall–Kier alpha value is -2.79. The van der Waals surface area contributed by atoms with Gasteiger partial charge in [-0.05, 0) is 30.3 Å². The van der Waals surface area contributed by atoms with Gasteiger partial charge < -0.3 is 15.2 Å². The lowest BCUT2D eigenvalue weighted by Gasteiger charge is -2.16. The summed E-state index contributed by atoms with van der Waals surface area (Å²) in [5.74, 6) is -0.480. The van der Waals surface area contributed by atoms with Gasteiger partial charge in [-0.2, -0.15) is 0 Å². The van der Waals surface area contributed by atoms with E-state index in [1.54, 1.807) is 37.5 Å². The van der Waals surface area contributed by atoms with Crippen LogP contribution in [0.5, 0.6) is 0 Å². The van der Waals surface area contributed by atoms with Crippen LogP contribution >= 0.6 is 11.6 Å². The van der Waals surface area contributed by atoms with Gasteiger partial charge in [0.25, 0.3) is 5.91 Å². The second-order valence-electron chi connectivity index (χ2n) is 5.46. The van der Waals surface area contributed by atoms with Crippen LogP contribution in [0.15, 0.2) is 54.7 Å². The molecule has 2 aromatic carbocycles. The number of anilines is 1. The number of aromatic nitrogens is 1. The molecule has 0 bridgehead atoms. The predicted molar refractivity (Wildman–Crippen MR) is 95.3 cm³/mol. The van der Waals surface area contributed by atoms with Gasteiger partial charge >= 0.3 is 0 Å². The Morgan fingerprint density at radius 2 is 1.83 bits per heavy atom. The van der Waals surface area contributed by atoms with Crippen LogP contribution in [-0.2, 0) is 4.79 Å². The summed E-state index contributed by atoms with van der Waals surface area (Å²) in [5, 5.41) is 4.18. The molecule has 0 saturated heterocycles. The number of aromatic amines is 1. The molecule has 0 radical (unpaired) electrons. The quantitative estimate of drug-likeness (QED) is 0.762.